The van der Waals surface area contributed by atoms with Crippen molar-refractivity contribution in [2.45, 2.75) is 18.7 Å². The Morgan fingerprint density at radius 3 is 2.20 bits per heavy atom. The van der Waals surface area contributed by atoms with Crippen molar-refractivity contribution in [1.29, 1.82) is 0 Å². The lowest BCUT2D eigenvalue weighted by Gasteiger charge is -2.38. The predicted octanol–water partition coefficient (Wildman–Crippen LogP) is 3.83. The first-order chi connectivity index (χ1) is 16.9. The topological polar surface area (TPSA) is 79.0 Å². The van der Waals surface area contributed by atoms with Crippen molar-refractivity contribution in [2.75, 3.05) is 38.6 Å². The molecule has 0 saturated carbocycles. The highest BCUT2D eigenvalue weighted by Gasteiger charge is 2.34. The number of sulfonamides is 1. The van der Waals surface area contributed by atoms with Crippen LogP contribution in [-0.4, -0.2) is 56.8 Å². The molecule has 1 aliphatic heterocycles. The number of aryl methyl sites for hydroxylation is 1. The maximum atomic E-state index is 13.6. The summed E-state index contributed by atoms with van der Waals surface area (Å²) in [7, 11) is -1.87. The molecule has 35 heavy (non-hydrogen) atoms. The van der Waals surface area contributed by atoms with Crippen LogP contribution in [0.15, 0.2) is 78.9 Å². The zero-order valence-electron chi connectivity index (χ0n) is 20.1. The summed E-state index contributed by atoms with van der Waals surface area (Å²) in [6.45, 7) is 3.52. The van der Waals surface area contributed by atoms with Gasteiger partial charge in [0.15, 0.2) is 0 Å². The van der Waals surface area contributed by atoms with Gasteiger partial charge >= 0.3 is 0 Å². The van der Waals surface area contributed by atoms with Crippen molar-refractivity contribution < 1.29 is 17.9 Å². The average molecular weight is 494 g/mol. The highest BCUT2D eigenvalue weighted by Crippen LogP contribution is 2.29. The molecule has 8 heteroatoms. The van der Waals surface area contributed by atoms with E-state index >= 15 is 0 Å². The maximum absolute atomic E-state index is 13.6. The van der Waals surface area contributed by atoms with Gasteiger partial charge in [-0.3, -0.25) is 9.69 Å². The van der Waals surface area contributed by atoms with Crippen LogP contribution in [0.1, 0.15) is 22.7 Å². The molecule has 3 aromatic carbocycles. The summed E-state index contributed by atoms with van der Waals surface area (Å²) in [6.07, 6.45) is 0. The minimum Gasteiger partial charge on any atom is -0.495 e. The van der Waals surface area contributed by atoms with E-state index in [9.17, 15) is 13.2 Å². The van der Waals surface area contributed by atoms with E-state index < -0.39 is 16.1 Å². The number of rotatable bonds is 8. The molecule has 1 heterocycles. The minimum absolute atomic E-state index is 0.0242. The summed E-state index contributed by atoms with van der Waals surface area (Å²) in [6, 6.07) is 23.9. The van der Waals surface area contributed by atoms with Crippen LogP contribution in [0.4, 0.5) is 5.69 Å². The molecule has 0 spiro atoms. The number of nitrogens with one attached hydrogen (secondary N) is 1. The van der Waals surface area contributed by atoms with Gasteiger partial charge < -0.3 is 10.1 Å². The molecule has 1 fully saturated rings. The van der Waals surface area contributed by atoms with Crippen molar-refractivity contribution in [1.82, 2.24) is 9.21 Å². The van der Waals surface area contributed by atoms with Crippen LogP contribution in [0.3, 0.4) is 0 Å². The number of carbonyl (C=O) groups excluding carboxylic acids is 1. The van der Waals surface area contributed by atoms with E-state index in [0.29, 0.717) is 37.6 Å². The van der Waals surface area contributed by atoms with E-state index in [0.717, 1.165) is 16.7 Å². The van der Waals surface area contributed by atoms with Gasteiger partial charge in [0.1, 0.15) is 11.8 Å². The molecule has 1 amide bonds. The van der Waals surface area contributed by atoms with Gasteiger partial charge in [-0.1, -0.05) is 66.7 Å². The van der Waals surface area contributed by atoms with Gasteiger partial charge in [0.05, 0.1) is 18.6 Å². The average Bonchev–Trinajstić information content (AvgIpc) is 2.86. The van der Waals surface area contributed by atoms with E-state index in [4.69, 9.17) is 4.74 Å². The summed E-state index contributed by atoms with van der Waals surface area (Å²) in [5, 5.41) is 3.03. The standard InChI is InChI=1S/C27H31N3O4S/c1-21-13-14-25(34-2)24(19-21)28-27(31)26(23-11-7-4-8-12-23)29-15-17-30(18-16-29)35(32,33)20-22-9-5-3-6-10-22/h3-14,19,26H,15-18,20H2,1-2H3,(H,28,31)/t26-/m0/s1. The fraction of sp³-hybridized carbons (Fsp3) is 0.296. The fourth-order valence-electron chi connectivity index (χ4n) is 4.40. The number of piperazine rings is 1. The summed E-state index contributed by atoms with van der Waals surface area (Å²) in [4.78, 5) is 15.6. The number of ether oxygens (including phenoxy) is 1. The number of amides is 1. The van der Waals surface area contributed by atoms with Gasteiger partial charge in [0.2, 0.25) is 15.9 Å². The molecular formula is C27H31N3O4S. The number of carbonyl (C=O) groups is 1. The quantitative estimate of drug-likeness (QED) is 0.516. The molecule has 0 bridgehead atoms. The zero-order valence-corrected chi connectivity index (χ0v) is 20.9. The number of methoxy groups -OCH3 is 1. The SMILES string of the molecule is COc1ccc(C)cc1NC(=O)[C@H](c1ccccc1)N1CCN(S(=O)(=O)Cc2ccccc2)CC1. The smallest absolute Gasteiger partial charge is 0.246 e. The van der Waals surface area contributed by atoms with Crippen molar-refractivity contribution >= 4 is 21.6 Å². The lowest BCUT2D eigenvalue weighted by molar-refractivity contribution is -0.122. The molecule has 184 valence electrons. The van der Waals surface area contributed by atoms with E-state index in [1.165, 1.54) is 4.31 Å². The van der Waals surface area contributed by atoms with Crippen molar-refractivity contribution in [3.8, 4) is 5.75 Å². The molecule has 1 N–H and O–H groups in total. The minimum atomic E-state index is -3.44. The second kappa shape index (κ2) is 11.0. The summed E-state index contributed by atoms with van der Waals surface area (Å²) >= 11 is 0. The summed E-state index contributed by atoms with van der Waals surface area (Å²) in [5.74, 6) is 0.386. The molecule has 3 aromatic rings. The lowest BCUT2D eigenvalue weighted by Crippen LogP contribution is -2.51. The Morgan fingerprint density at radius 1 is 0.943 bits per heavy atom. The maximum Gasteiger partial charge on any atom is 0.246 e. The summed E-state index contributed by atoms with van der Waals surface area (Å²) in [5.41, 5.74) is 3.25. The van der Waals surface area contributed by atoms with Gasteiger partial charge in [-0.2, -0.15) is 4.31 Å². The number of anilines is 1. The number of nitrogens with zero attached hydrogens (tertiary/aromatic N) is 2. The van der Waals surface area contributed by atoms with Crippen LogP contribution in [-0.2, 0) is 20.6 Å². The third-order valence-corrected chi connectivity index (χ3v) is 8.05. The van der Waals surface area contributed by atoms with Crippen LogP contribution in [0.5, 0.6) is 5.75 Å². The molecule has 4 rings (SSSR count). The zero-order chi connectivity index (χ0) is 24.8. The van der Waals surface area contributed by atoms with Crippen molar-refractivity contribution in [3.05, 3.63) is 95.6 Å². The first-order valence-corrected chi connectivity index (χ1v) is 13.2. The van der Waals surface area contributed by atoms with E-state index in [1.807, 2.05) is 90.7 Å². The van der Waals surface area contributed by atoms with E-state index in [2.05, 4.69) is 5.32 Å². The highest BCUT2D eigenvalue weighted by atomic mass is 32.2. The van der Waals surface area contributed by atoms with Gasteiger partial charge in [-0.15, -0.1) is 0 Å². The van der Waals surface area contributed by atoms with E-state index in [1.54, 1.807) is 7.11 Å². The third kappa shape index (κ3) is 6.08. The Balaban J connectivity index is 1.51. The Bertz CT molecular complexity index is 1240. The third-order valence-electron chi connectivity index (χ3n) is 6.20. The van der Waals surface area contributed by atoms with Crippen LogP contribution in [0.2, 0.25) is 0 Å². The number of hydrogen-bond acceptors (Lipinski definition) is 5. The molecular weight excluding hydrogens is 462 g/mol. The van der Waals surface area contributed by atoms with E-state index in [-0.39, 0.29) is 11.7 Å². The fourth-order valence-corrected chi connectivity index (χ4v) is 5.92. The normalized spacial score (nSPS) is 15.9. The summed E-state index contributed by atoms with van der Waals surface area (Å²) < 4.78 is 32.9. The van der Waals surface area contributed by atoms with Crippen LogP contribution < -0.4 is 10.1 Å². The molecule has 1 atom stereocenters. The molecule has 0 radical (unpaired) electrons. The Kier molecular flexibility index (Phi) is 7.85. The Morgan fingerprint density at radius 2 is 1.57 bits per heavy atom. The number of hydrogen-bond donors (Lipinski definition) is 1. The van der Waals surface area contributed by atoms with Gasteiger partial charge in [0.25, 0.3) is 0 Å². The first-order valence-electron chi connectivity index (χ1n) is 11.6. The second-order valence-electron chi connectivity index (χ2n) is 8.68. The predicted molar refractivity (Wildman–Crippen MR) is 138 cm³/mol. The molecule has 1 aliphatic rings. The monoisotopic (exact) mass is 493 g/mol. The van der Waals surface area contributed by atoms with Crippen molar-refractivity contribution in [3.63, 3.8) is 0 Å². The lowest BCUT2D eigenvalue weighted by atomic mass is 10.0. The Hall–Kier alpha value is -3.20. The second-order valence-corrected chi connectivity index (χ2v) is 10.7. The molecule has 0 aromatic heterocycles. The molecule has 1 saturated heterocycles. The van der Waals surface area contributed by atoms with Gasteiger partial charge in [-0.05, 0) is 35.7 Å². The van der Waals surface area contributed by atoms with Crippen LogP contribution in [0.25, 0.3) is 0 Å². The molecule has 0 unspecified atom stereocenters. The van der Waals surface area contributed by atoms with Crippen LogP contribution in [0, 0.1) is 6.92 Å². The van der Waals surface area contributed by atoms with Crippen molar-refractivity contribution in [2.24, 2.45) is 0 Å². The molecule has 7 nitrogen and oxygen atoms in total. The Labute approximate surface area is 207 Å². The van der Waals surface area contributed by atoms with Gasteiger partial charge in [0, 0.05) is 26.2 Å². The molecule has 0 aliphatic carbocycles. The first kappa shape index (κ1) is 24.9. The van der Waals surface area contributed by atoms with Gasteiger partial charge in [-0.25, -0.2) is 8.42 Å². The largest absolute Gasteiger partial charge is 0.495 e. The van der Waals surface area contributed by atoms with Crippen LogP contribution >= 0.6 is 0 Å². The number of benzene rings is 3. The highest BCUT2D eigenvalue weighted by molar-refractivity contribution is 7.88.